The van der Waals surface area contributed by atoms with Crippen molar-refractivity contribution >= 4 is 55.1 Å². The second kappa shape index (κ2) is 6.62. The van der Waals surface area contributed by atoms with E-state index in [1.165, 1.54) is 19.1 Å². The summed E-state index contributed by atoms with van der Waals surface area (Å²) in [7, 11) is 0. The van der Waals surface area contributed by atoms with Crippen molar-refractivity contribution in [3.8, 4) is 0 Å². The van der Waals surface area contributed by atoms with Crippen LogP contribution >= 0.6 is 31.9 Å². The number of anilines is 1. The molecule has 0 heterocycles. The van der Waals surface area contributed by atoms with Gasteiger partial charge >= 0.3 is 5.97 Å². The molecular formula is C10H8Br2N2O5. The first-order valence-corrected chi connectivity index (χ1v) is 6.46. The predicted molar refractivity (Wildman–Crippen MR) is 73.8 cm³/mol. The number of hydrogen-bond donors (Lipinski definition) is 1. The van der Waals surface area contributed by atoms with E-state index in [1.54, 1.807) is 0 Å². The number of halogens is 2. The van der Waals surface area contributed by atoms with Gasteiger partial charge in [0, 0.05) is 28.0 Å². The molecule has 0 aliphatic carbocycles. The van der Waals surface area contributed by atoms with Gasteiger partial charge in [-0.05, 0) is 31.9 Å². The maximum absolute atomic E-state index is 11.5. The number of esters is 1. The van der Waals surface area contributed by atoms with E-state index in [2.05, 4.69) is 41.9 Å². The SMILES string of the molecule is CC(=O)OCC(=O)Nc1c(Br)cc([N+](=O)[O-])cc1Br. The number of amides is 1. The summed E-state index contributed by atoms with van der Waals surface area (Å²) in [6.07, 6.45) is 0. The normalized spacial score (nSPS) is 9.84. The molecule has 1 aromatic rings. The van der Waals surface area contributed by atoms with E-state index in [1.807, 2.05) is 0 Å². The van der Waals surface area contributed by atoms with Gasteiger partial charge in [0.1, 0.15) is 0 Å². The average Bonchev–Trinajstić information content (AvgIpc) is 2.30. The number of benzene rings is 1. The summed E-state index contributed by atoms with van der Waals surface area (Å²) in [5.74, 6) is -1.12. The number of carbonyl (C=O) groups excluding carboxylic acids is 2. The van der Waals surface area contributed by atoms with Crippen molar-refractivity contribution in [1.29, 1.82) is 0 Å². The number of nitro groups is 1. The monoisotopic (exact) mass is 394 g/mol. The Labute approximate surface area is 124 Å². The Kier molecular flexibility index (Phi) is 5.43. The fourth-order valence-corrected chi connectivity index (χ4v) is 2.49. The summed E-state index contributed by atoms with van der Waals surface area (Å²) in [5.41, 5.74) is 0.194. The van der Waals surface area contributed by atoms with E-state index in [0.717, 1.165) is 0 Å². The fraction of sp³-hybridized carbons (Fsp3) is 0.200. The van der Waals surface area contributed by atoms with Crippen molar-refractivity contribution in [2.24, 2.45) is 0 Å². The van der Waals surface area contributed by atoms with Crippen LogP contribution < -0.4 is 5.32 Å². The van der Waals surface area contributed by atoms with Crippen LogP contribution in [0.15, 0.2) is 21.1 Å². The quantitative estimate of drug-likeness (QED) is 0.480. The van der Waals surface area contributed by atoms with Crippen LogP contribution in [0.1, 0.15) is 6.92 Å². The van der Waals surface area contributed by atoms with E-state index in [0.29, 0.717) is 14.6 Å². The zero-order valence-electron chi connectivity index (χ0n) is 9.61. The van der Waals surface area contributed by atoms with Crippen LogP contribution in [0.4, 0.5) is 11.4 Å². The van der Waals surface area contributed by atoms with Crippen LogP contribution in [0.25, 0.3) is 0 Å². The van der Waals surface area contributed by atoms with Gasteiger partial charge in [0.25, 0.3) is 11.6 Å². The highest BCUT2D eigenvalue weighted by Crippen LogP contribution is 2.35. The van der Waals surface area contributed by atoms with E-state index >= 15 is 0 Å². The lowest BCUT2D eigenvalue weighted by Gasteiger charge is -2.09. The third-order valence-electron chi connectivity index (χ3n) is 1.91. The molecule has 0 spiro atoms. The maximum Gasteiger partial charge on any atom is 0.303 e. The Morgan fingerprint density at radius 1 is 1.37 bits per heavy atom. The Morgan fingerprint density at radius 3 is 2.32 bits per heavy atom. The van der Waals surface area contributed by atoms with E-state index in [4.69, 9.17) is 0 Å². The van der Waals surface area contributed by atoms with Gasteiger partial charge < -0.3 is 10.1 Å². The molecule has 0 aliphatic rings. The summed E-state index contributed by atoms with van der Waals surface area (Å²) in [5, 5.41) is 13.1. The molecule has 1 amide bonds. The van der Waals surface area contributed by atoms with Gasteiger partial charge in [0.05, 0.1) is 10.6 Å². The first-order valence-electron chi connectivity index (χ1n) is 4.88. The summed E-state index contributed by atoms with van der Waals surface area (Å²) in [6, 6.07) is 2.51. The number of nitrogens with zero attached hydrogens (tertiary/aromatic N) is 1. The first kappa shape index (κ1) is 15.6. The van der Waals surface area contributed by atoms with Gasteiger partial charge in [-0.3, -0.25) is 19.7 Å². The summed E-state index contributed by atoms with van der Waals surface area (Å²) < 4.78 is 5.20. The van der Waals surface area contributed by atoms with E-state index < -0.39 is 23.4 Å². The van der Waals surface area contributed by atoms with Crippen LogP contribution in [0.3, 0.4) is 0 Å². The third-order valence-corrected chi connectivity index (χ3v) is 3.16. The highest BCUT2D eigenvalue weighted by molar-refractivity contribution is 9.11. The second-order valence-electron chi connectivity index (χ2n) is 3.37. The molecule has 0 radical (unpaired) electrons. The number of carbonyl (C=O) groups is 2. The number of nitro benzene ring substituents is 1. The molecule has 0 atom stereocenters. The van der Waals surface area contributed by atoms with Gasteiger partial charge in [0.2, 0.25) is 0 Å². The zero-order chi connectivity index (χ0) is 14.6. The molecule has 0 unspecified atom stereocenters. The van der Waals surface area contributed by atoms with Gasteiger partial charge in [-0.15, -0.1) is 0 Å². The molecule has 0 saturated carbocycles. The number of ether oxygens (including phenoxy) is 1. The third kappa shape index (κ3) is 4.60. The summed E-state index contributed by atoms with van der Waals surface area (Å²) >= 11 is 6.24. The van der Waals surface area contributed by atoms with Crippen LogP contribution in [-0.4, -0.2) is 23.4 Å². The molecule has 102 valence electrons. The zero-order valence-corrected chi connectivity index (χ0v) is 12.8. The Balaban J connectivity index is 2.87. The lowest BCUT2D eigenvalue weighted by molar-refractivity contribution is -0.385. The fourth-order valence-electron chi connectivity index (χ4n) is 1.13. The average molecular weight is 396 g/mol. The maximum atomic E-state index is 11.5. The van der Waals surface area contributed by atoms with Gasteiger partial charge in [-0.2, -0.15) is 0 Å². The summed E-state index contributed by atoms with van der Waals surface area (Å²) in [4.78, 5) is 32.1. The predicted octanol–water partition coefficient (Wildman–Crippen LogP) is 2.62. The Hall–Kier alpha value is -1.48. The lowest BCUT2D eigenvalue weighted by atomic mass is 10.3. The molecule has 0 aliphatic heterocycles. The molecule has 1 N–H and O–H groups in total. The number of rotatable bonds is 4. The molecule has 0 aromatic heterocycles. The molecule has 1 rings (SSSR count). The first-order chi connectivity index (χ1) is 8.81. The van der Waals surface area contributed by atoms with Crippen molar-refractivity contribution in [2.45, 2.75) is 6.92 Å². The van der Waals surface area contributed by atoms with Gasteiger partial charge in [0.15, 0.2) is 6.61 Å². The minimum atomic E-state index is -0.572. The van der Waals surface area contributed by atoms with Gasteiger partial charge in [-0.25, -0.2) is 0 Å². The Bertz CT molecular complexity index is 524. The van der Waals surface area contributed by atoms with E-state index in [-0.39, 0.29) is 5.69 Å². The largest absolute Gasteiger partial charge is 0.456 e. The molecule has 0 saturated heterocycles. The highest BCUT2D eigenvalue weighted by Gasteiger charge is 2.16. The Morgan fingerprint density at radius 2 is 1.89 bits per heavy atom. The standard InChI is InChI=1S/C10H8Br2N2O5/c1-5(15)19-4-9(16)13-10-7(11)2-6(14(17)18)3-8(10)12/h2-3H,4H2,1H3,(H,13,16). The smallest absolute Gasteiger partial charge is 0.303 e. The van der Waals surface area contributed by atoms with Crippen LogP contribution in [0.2, 0.25) is 0 Å². The molecule has 9 heteroatoms. The molecule has 19 heavy (non-hydrogen) atoms. The minimum absolute atomic E-state index is 0.128. The number of nitrogens with one attached hydrogen (secondary N) is 1. The number of hydrogen-bond acceptors (Lipinski definition) is 5. The minimum Gasteiger partial charge on any atom is -0.456 e. The molecule has 1 aromatic carbocycles. The van der Waals surface area contributed by atoms with Crippen molar-refractivity contribution < 1.29 is 19.2 Å². The molecular weight excluding hydrogens is 388 g/mol. The molecule has 7 nitrogen and oxygen atoms in total. The van der Waals surface area contributed by atoms with Crippen LogP contribution in [0, 0.1) is 10.1 Å². The van der Waals surface area contributed by atoms with E-state index in [9.17, 15) is 19.7 Å². The summed E-state index contributed by atoms with van der Waals surface area (Å²) in [6.45, 7) is 0.760. The van der Waals surface area contributed by atoms with Crippen molar-refractivity contribution in [3.63, 3.8) is 0 Å². The van der Waals surface area contributed by atoms with Crippen LogP contribution in [0.5, 0.6) is 0 Å². The number of non-ortho nitro benzene ring substituents is 1. The van der Waals surface area contributed by atoms with Crippen molar-refractivity contribution in [3.05, 3.63) is 31.2 Å². The molecule has 0 bridgehead atoms. The molecule has 0 fully saturated rings. The highest BCUT2D eigenvalue weighted by atomic mass is 79.9. The second-order valence-corrected chi connectivity index (χ2v) is 5.08. The van der Waals surface area contributed by atoms with Crippen LogP contribution in [-0.2, 0) is 14.3 Å². The van der Waals surface area contributed by atoms with Gasteiger partial charge in [-0.1, -0.05) is 0 Å². The van der Waals surface area contributed by atoms with Crippen molar-refractivity contribution in [1.82, 2.24) is 0 Å². The topological polar surface area (TPSA) is 98.5 Å². The lowest BCUT2D eigenvalue weighted by Crippen LogP contribution is -2.20. The van der Waals surface area contributed by atoms with Crippen molar-refractivity contribution in [2.75, 3.05) is 11.9 Å².